The number of ether oxygens (including phenoxy) is 2. The van der Waals surface area contributed by atoms with Crippen LogP contribution in [0.3, 0.4) is 0 Å². The Morgan fingerprint density at radius 3 is 2.73 bits per heavy atom. The van der Waals surface area contributed by atoms with E-state index < -0.39 is 0 Å². The van der Waals surface area contributed by atoms with Crippen molar-refractivity contribution in [3.05, 3.63) is 58.6 Å². The van der Waals surface area contributed by atoms with Gasteiger partial charge in [0, 0.05) is 18.8 Å². The second-order valence-corrected chi connectivity index (χ2v) is 7.83. The van der Waals surface area contributed by atoms with E-state index in [1.54, 1.807) is 24.3 Å². The van der Waals surface area contributed by atoms with Crippen molar-refractivity contribution in [2.24, 2.45) is 0 Å². The maximum Gasteiger partial charge on any atom is 0.261 e. The summed E-state index contributed by atoms with van der Waals surface area (Å²) in [5.41, 5.74) is 2.84. The molecule has 2 amide bonds. The van der Waals surface area contributed by atoms with Crippen LogP contribution in [0, 0.1) is 13.8 Å². The Hall–Kier alpha value is -2.57. The minimum absolute atomic E-state index is 0.0669. The number of benzene rings is 2. The molecule has 3 rings (SSSR count). The molecule has 1 unspecified atom stereocenters. The molecule has 2 aromatic carbocycles. The van der Waals surface area contributed by atoms with Gasteiger partial charge in [-0.05, 0) is 56.0 Å². The van der Waals surface area contributed by atoms with E-state index in [1.807, 2.05) is 32.0 Å². The van der Waals surface area contributed by atoms with Crippen molar-refractivity contribution in [2.45, 2.75) is 32.8 Å². The number of halogens is 1. The third kappa shape index (κ3) is 5.97. The second-order valence-electron chi connectivity index (χ2n) is 7.42. The summed E-state index contributed by atoms with van der Waals surface area (Å²) in [6.07, 6.45) is 1.76. The lowest BCUT2D eigenvalue weighted by Gasteiger charge is -2.25. The first-order valence-electron chi connectivity index (χ1n) is 10.1. The van der Waals surface area contributed by atoms with Crippen LogP contribution in [0.1, 0.15) is 24.0 Å². The molecule has 0 aromatic heterocycles. The molecule has 1 heterocycles. The molecule has 30 heavy (non-hydrogen) atoms. The number of nitrogens with one attached hydrogen (secondary N) is 1. The number of carbonyl (C=O) groups excluding carboxylic acids is 2. The van der Waals surface area contributed by atoms with Gasteiger partial charge in [0.25, 0.3) is 5.91 Å². The fourth-order valence-electron chi connectivity index (χ4n) is 3.33. The van der Waals surface area contributed by atoms with Crippen LogP contribution in [0.2, 0.25) is 5.02 Å². The molecule has 0 aliphatic carbocycles. The molecule has 7 heteroatoms. The summed E-state index contributed by atoms with van der Waals surface area (Å²) in [7, 11) is 0. The van der Waals surface area contributed by atoms with Crippen LogP contribution in [0.15, 0.2) is 42.5 Å². The standard InChI is InChI=1S/C23H27ClN2O4/c1-16-7-5-10-20(17(16)2)25-22(27)14-26(13-18-8-6-12-29-18)23(28)15-30-21-11-4-3-9-19(21)24/h3-5,7,9-11,18H,6,8,12-15H2,1-2H3,(H,25,27). The first kappa shape index (κ1) is 22.1. The Morgan fingerprint density at radius 1 is 1.20 bits per heavy atom. The van der Waals surface area contributed by atoms with Crippen LogP contribution in [-0.2, 0) is 14.3 Å². The molecule has 6 nitrogen and oxygen atoms in total. The van der Waals surface area contributed by atoms with E-state index in [0.29, 0.717) is 23.9 Å². The van der Waals surface area contributed by atoms with Crippen molar-refractivity contribution >= 4 is 29.1 Å². The van der Waals surface area contributed by atoms with Crippen molar-refractivity contribution in [3.63, 3.8) is 0 Å². The normalized spacial score (nSPS) is 15.6. The van der Waals surface area contributed by atoms with Crippen molar-refractivity contribution in [1.82, 2.24) is 4.90 Å². The molecule has 1 fully saturated rings. The van der Waals surface area contributed by atoms with Crippen LogP contribution in [0.5, 0.6) is 5.75 Å². The molecule has 1 N–H and O–H groups in total. The first-order chi connectivity index (χ1) is 14.4. The molecule has 160 valence electrons. The van der Waals surface area contributed by atoms with Crippen molar-refractivity contribution in [3.8, 4) is 5.75 Å². The predicted octanol–water partition coefficient (Wildman–Crippen LogP) is 3.98. The van der Waals surface area contributed by atoms with E-state index in [2.05, 4.69) is 5.32 Å². The van der Waals surface area contributed by atoms with Crippen LogP contribution < -0.4 is 10.1 Å². The molecule has 0 radical (unpaired) electrons. The van der Waals surface area contributed by atoms with Gasteiger partial charge in [-0.1, -0.05) is 35.9 Å². The molecule has 1 aliphatic rings. The van der Waals surface area contributed by atoms with Gasteiger partial charge >= 0.3 is 0 Å². The maximum atomic E-state index is 12.8. The van der Waals surface area contributed by atoms with Gasteiger partial charge in [-0.25, -0.2) is 0 Å². The van der Waals surface area contributed by atoms with Crippen LogP contribution in [0.4, 0.5) is 5.69 Å². The zero-order chi connectivity index (χ0) is 21.5. The number of amides is 2. The smallest absolute Gasteiger partial charge is 0.261 e. The van der Waals surface area contributed by atoms with E-state index in [1.165, 1.54) is 4.90 Å². The molecule has 0 saturated carbocycles. The van der Waals surface area contributed by atoms with Crippen molar-refractivity contribution in [2.75, 3.05) is 31.6 Å². The topological polar surface area (TPSA) is 67.9 Å². The second kappa shape index (κ2) is 10.5. The third-order valence-electron chi connectivity index (χ3n) is 5.20. The van der Waals surface area contributed by atoms with E-state index in [0.717, 1.165) is 29.7 Å². The van der Waals surface area contributed by atoms with Gasteiger partial charge in [0.2, 0.25) is 5.91 Å². The summed E-state index contributed by atoms with van der Waals surface area (Å²) in [5.74, 6) is -0.112. The van der Waals surface area contributed by atoms with E-state index in [-0.39, 0.29) is 31.1 Å². The Kier molecular flexibility index (Phi) is 7.71. The number of rotatable bonds is 8. The minimum Gasteiger partial charge on any atom is -0.482 e. The highest BCUT2D eigenvalue weighted by Gasteiger charge is 2.25. The highest BCUT2D eigenvalue weighted by Crippen LogP contribution is 2.23. The quantitative estimate of drug-likeness (QED) is 0.687. The Labute approximate surface area is 182 Å². The van der Waals surface area contributed by atoms with Crippen molar-refractivity contribution in [1.29, 1.82) is 0 Å². The minimum atomic E-state index is -0.290. The third-order valence-corrected chi connectivity index (χ3v) is 5.51. The monoisotopic (exact) mass is 430 g/mol. The average molecular weight is 431 g/mol. The zero-order valence-electron chi connectivity index (χ0n) is 17.3. The summed E-state index contributed by atoms with van der Waals surface area (Å²) < 4.78 is 11.2. The maximum absolute atomic E-state index is 12.8. The predicted molar refractivity (Wildman–Crippen MR) is 117 cm³/mol. The summed E-state index contributed by atoms with van der Waals surface area (Å²) >= 11 is 6.09. The molecule has 1 atom stereocenters. The summed E-state index contributed by atoms with van der Waals surface area (Å²) in [4.78, 5) is 27.0. The zero-order valence-corrected chi connectivity index (χ0v) is 18.1. The summed E-state index contributed by atoms with van der Waals surface area (Å²) in [6, 6.07) is 12.7. The molecule has 1 saturated heterocycles. The highest BCUT2D eigenvalue weighted by molar-refractivity contribution is 6.32. The largest absolute Gasteiger partial charge is 0.482 e. The molecule has 1 aliphatic heterocycles. The molecule has 0 spiro atoms. The number of anilines is 1. The SMILES string of the molecule is Cc1cccc(NC(=O)CN(CC2CCCO2)C(=O)COc2ccccc2Cl)c1C. The lowest BCUT2D eigenvalue weighted by atomic mass is 10.1. The molecule has 2 aromatic rings. The number of para-hydroxylation sites is 1. The van der Waals surface area contributed by atoms with Gasteiger partial charge in [0.15, 0.2) is 6.61 Å². The molecular formula is C23H27ClN2O4. The van der Waals surface area contributed by atoms with Gasteiger partial charge in [-0.3, -0.25) is 9.59 Å². The number of hydrogen-bond donors (Lipinski definition) is 1. The van der Waals surface area contributed by atoms with Crippen LogP contribution >= 0.6 is 11.6 Å². The number of nitrogens with zero attached hydrogens (tertiary/aromatic N) is 1. The lowest BCUT2D eigenvalue weighted by Crippen LogP contribution is -2.44. The van der Waals surface area contributed by atoms with E-state index in [9.17, 15) is 9.59 Å². The Balaban J connectivity index is 1.65. The molecule has 0 bridgehead atoms. The summed E-state index contributed by atoms with van der Waals surface area (Å²) in [6.45, 7) is 4.70. The number of aryl methyl sites for hydroxylation is 1. The number of hydrogen-bond acceptors (Lipinski definition) is 4. The lowest BCUT2D eigenvalue weighted by molar-refractivity contribution is -0.138. The highest BCUT2D eigenvalue weighted by atomic mass is 35.5. The van der Waals surface area contributed by atoms with Gasteiger partial charge in [-0.15, -0.1) is 0 Å². The van der Waals surface area contributed by atoms with Gasteiger partial charge in [0.1, 0.15) is 12.3 Å². The Bertz CT molecular complexity index is 897. The fraction of sp³-hybridized carbons (Fsp3) is 0.391. The van der Waals surface area contributed by atoms with Crippen LogP contribution in [-0.4, -0.2) is 49.1 Å². The average Bonchev–Trinajstić information content (AvgIpc) is 3.23. The summed E-state index contributed by atoms with van der Waals surface area (Å²) in [5, 5.41) is 3.34. The Morgan fingerprint density at radius 2 is 2.00 bits per heavy atom. The van der Waals surface area contributed by atoms with Crippen molar-refractivity contribution < 1.29 is 19.1 Å². The van der Waals surface area contributed by atoms with E-state index >= 15 is 0 Å². The first-order valence-corrected chi connectivity index (χ1v) is 10.4. The van der Waals surface area contributed by atoms with Gasteiger partial charge < -0.3 is 19.7 Å². The van der Waals surface area contributed by atoms with Gasteiger partial charge in [0.05, 0.1) is 11.1 Å². The molecular weight excluding hydrogens is 404 g/mol. The van der Waals surface area contributed by atoms with Gasteiger partial charge in [-0.2, -0.15) is 0 Å². The van der Waals surface area contributed by atoms with E-state index in [4.69, 9.17) is 21.1 Å². The number of carbonyl (C=O) groups is 2. The van der Waals surface area contributed by atoms with Crippen LogP contribution in [0.25, 0.3) is 0 Å². The fourth-order valence-corrected chi connectivity index (χ4v) is 3.52.